The second kappa shape index (κ2) is 5.41. The van der Waals surface area contributed by atoms with E-state index >= 15 is 0 Å². The van der Waals surface area contributed by atoms with E-state index in [2.05, 4.69) is 0 Å². The lowest BCUT2D eigenvalue weighted by atomic mass is 10.2. The SMILES string of the molecule is CN(C)CC1CC(O)CN1S(=O)(=O)CS(C)(=O)=O. The molecule has 18 heavy (non-hydrogen) atoms. The van der Waals surface area contributed by atoms with E-state index in [1.807, 2.05) is 4.90 Å². The summed E-state index contributed by atoms with van der Waals surface area (Å²) in [6.07, 6.45) is 0.489. The number of β-amino-alcohol motifs (C(OH)–C–C–N with tert-alkyl or cyclic N) is 1. The van der Waals surface area contributed by atoms with Crippen molar-refractivity contribution in [1.29, 1.82) is 0 Å². The molecule has 0 aromatic carbocycles. The Hall–Kier alpha value is -0.220. The normalized spacial score (nSPS) is 26.9. The van der Waals surface area contributed by atoms with E-state index in [1.54, 1.807) is 14.1 Å². The topological polar surface area (TPSA) is 95.0 Å². The molecule has 1 N–H and O–H groups in total. The molecule has 0 aromatic rings. The molecule has 1 aliphatic rings. The first kappa shape index (κ1) is 15.8. The fraction of sp³-hybridized carbons (Fsp3) is 1.00. The standard InChI is InChI=1S/C9H20N2O5S2/c1-10(2)5-8-4-9(12)6-11(8)18(15,16)7-17(3,13)14/h8-9,12H,4-7H2,1-3H3. The van der Waals surface area contributed by atoms with Gasteiger partial charge in [-0.1, -0.05) is 0 Å². The molecular weight excluding hydrogens is 280 g/mol. The Morgan fingerprint density at radius 1 is 1.28 bits per heavy atom. The van der Waals surface area contributed by atoms with Crippen LogP contribution < -0.4 is 0 Å². The number of aliphatic hydroxyl groups excluding tert-OH is 1. The van der Waals surface area contributed by atoms with Crippen LogP contribution in [0, 0.1) is 0 Å². The zero-order chi connectivity index (χ0) is 14.1. The van der Waals surface area contributed by atoms with Crippen LogP contribution >= 0.6 is 0 Å². The van der Waals surface area contributed by atoms with E-state index in [-0.39, 0.29) is 12.6 Å². The first-order valence-electron chi connectivity index (χ1n) is 5.51. The third-order valence-electron chi connectivity index (χ3n) is 2.64. The van der Waals surface area contributed by atoms with Crippen LogP contribution in [-0.2, 0) is 19.9 Å². The van der Waals surface area contributed by atoms with Gasteiger partial charge in [-0.2, -0.15) is 4.31 Å². The molecule has 1 rings (SSSR count). The maximum absolute atomic E-state index is 12.0. The largest absolute Gasteiger partial charge is 0.392 e. The highest BCUT2D eigenvalue weighted by Gasteiger charge is 2.40. The molecule has 0 amide bonds. The first-order chi connectivity index (χ1) is 8.01. The summed E-state index contributed by atoms with van der Waals surface area (Å²) in [5, 5.41) is 8.66. The van der Waals surface area contributed by atoms with Crippen molar-refractivity contribution < 1.29 is 21.9 Å². The molecule has 0 aromatic heterocycles. The molecule has 108 valence electrons. The van der Waals surface area contributed by atoms with Crippen molar-refractivity contribution in [3.63, 3.8) is 0 Å². The van der Waals surface area contributed by atoms with Gasteiger partial charge in [-0.05, 0) is 20.5 Å². The molecule has 1 heterocycles. The number of sulfone groups is 1. The molecule has 2 unspecified atom stereocenters. The van der Waals surface area contributed by atoms with Crippen molar-refractivity contribution in [2.75, 3.05) is 38.5 Å². The number of nitrogens with zero attached hydrogens (tertiary/aromatic N) is 2. The van der Waals surface area contributed by atoms with Gasteiger partial charge in [0.1, 0.15) is 0 Å². The van der Waals surface area contributed by atoms with Crippen molar-refractivity contribution in [1.82, 2.24) is 9.21 Å². The maximum atomic E-state index is 12.0. The zero-order valence-corrected chi connectivity index (χ0v) is 12.4. The highest BCUT2D eigenvalue weighted by atomic mass is 32.3. The first-order valence-corrected chi connectivity index (χ1v) is 9.18. The van der Waals surface area contributed by atoms with Crippen molar-refractivity contribution in [2.45, 2.75) is 18.6 Å². The van der Waals surface area contributed by atoms with Crippen LogP contribution in [0.25, 0.3) is 0 Å². The van der Waals surface area contributed by atoms with Gasteiger partial charge in [0.15, 0.2) is 14.9 Å². The Labute approximate surface area is 108 Å². The summed E-state index contributed by atoms with van der Waals surface area (Å²) in [5.41, 5.74) is 0. The van der Waals surface area contributed by atoms with Crippen molar-refractivity contribution in [2.24, 2.45) is 0 Å². The van der Waals surface area contributed by atoms with Crippen LogP contribution in [0.1, 0.15) is 6.42 Å². The maximum Gasteiger partial charge on any atom is 0.228 e. The molecule has 0 saturated carbocycles. The Morgan fingerprint density at radius 3 is 2.28 bits per heavy atom. The van der Waals surface area contributed by atoms with Gasteiger partial charge in [0.05, 0.1) is 6.10 Å². The van der Waals surface area contributed by atoms with Crippen molar-refractivity contribution in [3.8, 4) is 0 Å². The van der Waals surface area contributed by atoms with E-state index in [9.17, 15) is 21.9 Å². The number of hydrogen-bond acceptors (Lipinski definition) is 6. The molecule has 0 bridgehead atoms. The molecule has 2 atom stereocenters. The molecule has 0 radical (unpaired) electrons. The summed E-state index contributed by atoms with van der Waals surface area (Å²) in [4.78, 5) is 1.81. The lowest BCUT2D eigenvalue weighted by molar-refractivity contribution is 0.188. The van der Waals surface area contributed by atoms with Gasteiger partial charge in [0.2, 0.25) is 10.0 Å². The van der Waals surface area contributed by atoms with Gasteiger partial charge < -0.3 is 10.0 Å². The minimum atomic E-state index is -3.89. The lowest BCUT2D eigenvalue weighted by Gasteiger charge is -2.25. The average Bonchev–Trinajstić information content (AvgIpc) is 2.41. The van der Waals surface area contributed by atoms with Gasteiger partial charge in [-0.15, -0.1) is 0 Å². The lowest BCUT2D eigenvalue weighted by Crippen LogP contribution is -2.43. The molecule has 7 nitrogen and oxygen atoms in total. The fourth-order valence-electron chi connectivity index (χ4n) is 2.13. The number of likely N-dealkylation sites (N-methyl/N-ethyl adjacent to an activating group) is 1. The predicted octanol–water partition coefficient (Wildman–Crippen LogP) is -1.68. The Morgan fingerprint density at radius 2 is 1.83 bits per heavy atom. The fourth-order valence-corrected chi connectivity index (χ4v) is 5.84. The molecule has 1 fully saturated rings. The predicted molar refractivity (Wildman–Crippen MR) is 68.3 cm³/mol. The van der Waals surface area contributed by atoms with Crippen LogP contribution in [0.15, 0.2) is 0 Å². The Balaban J connectivity index is 2.91. The summed E-state index contributed by atoms with van der Waals surface area (Å²) in [6.45, 7) is 0.427. The van der Waals surface area contributed by atoms with Gasteiger partial charge in [-0.25, -0.2) is 16.8 Å². The van der Waals surface area contributed by atoms with E-state index in [1.165, 1.54) is 0 Å². The zero-order valence-electron chi connectivity index (χ0n) is 10.8. The van der Waals surface area contributed by atoms with Gasteiger partial charge in [0.25, 0.3) is 0 Å². The van der Waals surface area contributed by atoms with Crippen molar-refractivity contribution in [3.05, 3.63) is 0 Å². The summed E-state index contributed by atoms with van der Waals surface area (Å²) in [6, 6.07) is -0.373. The summed E-state index contributed by atoms with van der Waals surface area (Å²) >= 11 is 0. The molecule has 1 saturated heterocycles. The van der Waals surface area contributed by atoms with Crippen LogP contribution in [0.5, 0.6) is 0 Å². The third kappa shape index (κ3) is 4.47. The van der Waals surface area contributed by atoms with Crippen LogP contribution in [0.4, 0.5) is 0 Å². The summed E-state index contributed by atoms with van der Waals surface area (Å²) in [5.74, 6) is 0. The quantitative estimate of drug-likeness (QED) is 0.651. The van der Waals surface area contributed by atoms with Gasteiger partial charge in [0, 0.05) is 25.4 Å². The number of aliphatic hydroxyl groups is 1. The average molecular weight is 300 g/mol. The van der Waals surface area contributed by atoms with Crippen LogP contribution in [0.3, 0.4) is 0 Å². The Bertz CT molecular complexity index is 485. The minimum Gasteiger partial charge on any atom is -0.392 e. The van der Waals surface area contributed by atoms with Crippen molar-refractivity contribution >= 4 is 19.9 Å². The molecule has 9 heteroatoms. The van der Waals surface area contributed by atoms with Gasteiger partial charge >= 0.3 is 0 Å². The number of sulfonamides is 1. The molecule has 1 aliphatic heterocycles. The van der Waals surface area contributed by atoms with Gasteiger partial charge in [-0.3, -0.25) is 0 Å². The minimum absolute atomic E-state index is 0.0314. The smallest absolute Gasteiger partial charge is 0.228 e. The Kier molecular flexibility index (Phi) is 4.76. The molecule has 0 aliphatic carbocycles. The second-order valence-corrected chi connectivity index (χ2v) is 9.46. The highest BCUT2D eigenvalue weighted by molar-refractivity contribution is 8.06. The monoisotopic (exact) mass is 300 g/mol. The second-order valence-electron chi connectivity index (χ2n) is 5.03. The highest BCUT2D eigenvalue weighted by Crippen LogP contribution is 2.23. The number of hydrogen-bond donors (Lipinski definition) is 1. The molecule has 0 spiro atoms. The van der Waals surface area contributed by atoms with Crippen LogP contribution in [-0.4, -0.2) is 81.8 Å². The van der Waals surface area contributed by atoms with E-state index in [0.717, 1.165) is 10.6 Å². The summed E-state index contributed by atoms with van der Waals surface area (Å²) in [7, 11) is -3.90. The third-order valence-corrected chi connectivity index (χ3v) is 6.70. The van der Waals surface area contributed by atoms with E-state index in [4.69, 9.17) is 0 Å². The van der Waals surface area contributed by atoms with Crippen LogP contribution in [0.2, 0.25) is 0 Å². The number of rotatable bonds is 5. The summed E-state index contributed by atoms with van der Waals surface area (Å²) < 4.78 is 47.4. The van der Waals surface area contributed by atoms with E-state index in [0.29, 0.717) is 13.0 Å². The van der Waals surface area contributed by atoms with E-state index < -0.39 is 31.0 Å². The molecular formula is C9H20N2O5S2.